The summed E-state index contributed by atoms with van der Waals surface area (Å²) < 4.78 is 23.7. The van der Waals surface area contributed by atoms with Crippen LogP contribution < -0.4 is 0 Å². The van der Waals surface area contributed by atoms with Crippen molar-refractivity contribution < 1.29 is 8.42 Å². The molecule has 0 atom stereocenters. The van der Waals surface area contributed by atoms with Crippen LogP contribution in [0, 0.1) is 17.2 Å². The molecule has 0 heterocycles. The Bertz CT molecular complexity index is 512. The molecule has 1 aromatic carbocycles. The zero-order valence-corrected chi connectivity index (χ0v) is 11.0. The third kappa shape index (κ3) is 4.58. The highest BCUT2D eigenvalue weighted by atomic mass is 32.2. The van der Waals surface area contributed by atoms with Crippen LogP contribution in [0.2, 0.25) is 0 Å². The Labute approximate surface area is 103 Å². The van der Waals surface area contributed by atoms with Gasteiger partial charge in [-0.25, -0.2) is 8.42 Å². The maximum Gasteiger partial charge on any atom is 0.154 e. The molecule has 0 aromatic heterocycles. The minimum absolute atomic E-state index is 0.0382. The van der Waals surface area contributed by atoms with Gasteiger partial charge in [0.15, 0.2) is 9.84 Å². The van der Waals surface area contributed by atoms with Gasteiger partial charge in [0, 0.05) is 0 Å². The van der Waals surface area contributed by atoms with Gasteiger partial charge >= 0.3 is 0 Å². The Morgan fingerprint density at radius 3 is 2.53 bits per heavy atom. The highest BCUT2D eigenvalue weighted by Gasteiger charge is 2.14. The van der Waals surface area contributed by atoms with Crippen molar-refractivity contribution in [1.29, 1.82) is 5.26 Å². The van der Waals surface area contributed by atoms with E-state index in [1.54, 1.807) is 24.3 Å². The lowest BCUT2D eigenvalue weighted by Crippen LogP contribution is -2.12. The van der Waals surface area contributed by atoms with Crippen molar-refractivity contribution in [3.8, 4) is 6.07 Å². The van der Waals surface area contributed by atoms with E-state index in [-0.39, 0.29) is 11.5 Å². The first-order valence-electron chi connectivity index (χ1n) is 5.63. The van der Waals surface area contributed by atoms with Crippen LogP contribution in [-0.4, -0.2) is 14.2 Å². The number of nitriles is 1. The van der Waals surface area contributed by atoms with Crippen molar-refractivity contribution in [3.05, 3.63) is 35.4 Å². The monoisotopic (exact) mass is 251 g/mol. The number of sulfone groups is 1. The maximum absolute atomic E-state index is 11.9. The number of benzene rings is 1. The van der Waals surface area contributed by atoms with Crippen molar-refractivity contribution in [2.24, 2.45) is 5.92 Å². The second-order valence-electron chi connectivity index (χ2n) is 4.54. The smallest absolute Gasteiger partial charge is 0.154 e. The van der Waals surface area contributed by atoms with Gasteiger partial charge in [-0.1, -0.05) is 32.0 Å². The van der Waals surface area contributed by atoms with Crippen LogP contribution in [-0.2, 0) is 15.6 Å². The molecule has 0 aliphatic carbocycles. The fourth-order valence-corrected chi connectivity index (χ4v) is 3.18. The van der Waals surface area contributed by atoms with Gasteiger partial charge in [0.25, 0.3) is 0 Å². The standard InChI is InChI=1S/C13H17NO2S/c1-11(2)7-8-17(15,16)10-13-6-4-3-5-12(13)9-14/h3-6,11H,7-8,10H2,1-2H3. The van der Waals surface area contributed by atoms with E-state index in [0.717, 1.165) is 0 Å². The molecular formula is C13H17NO2S. The minimum Gasteiger partial charge on any atom is -0.228 e. The van der Waals surface area contributed by atoms with Gasteiger partial charge < -0.3 is 0 Å². The summed E-state index contributed by atoms with van der Waals surface area (Å²) in [6, 6.07) is 8.86. The molecule has 0 spiro atoms. The molecule has 1 rings (SSSR count). The van der Waals surface area contributed by atoms with Crippen molar-refractivity contribution >= 4 is 9.84 Å². The SMILES string of the molecule is CC(C)CCS(=O)(=O)Cc1ccccc1C#N. The molecule has 0 N–H and O–H groups in total. The van der Waals surface area contributed by atoms with Crippen LogP contribution in [0.5, 0.6) is 0 Å². The highest BCUT2D eigenvalue weighted by molar-refractivity contribution is 7.90. The van der Waals surface area contributed by atoms with E-state index in [2.05, 4.69) is 0 Å². The van der Waals surface area contributed by atoms with E-state index in [1.165, 1.54) is 0 Å². The molecule has 0 aliphatic rings. The van der Waals surface area contributed by atoms with Crippen molar-refractivity contribution in [2.75, 3.05) is 5.75 Å². The molecule has 3 nitrogen and oxygen atoms in total. The van der Waals surface area contributed by atoms with Crippen LogP contribution in [0.25, 0.3) is 0 Å². The molecule has 0 saturated heterocycles. The minimum atomic E-state index is -3.11. The molecule has 17 heavy (non-hydrogen) atoms. The fourth-order valence-electron chi connectivity index (χ4n) is 1.48. The summed E-state index contributed by atoms with van der Waals surface area (Å²) in [7, 11) is -3.11. The summed E-state index contributed by atoms with van der Waals surface area (Å²) in [5.74, 6) is 0.518. The van der Waals surface area contributed by atoms with Gasteiger partial charge in [-0.05, 0) is 24.0 Å². The Balaban J connectivity index is 2.80. The first-order chi connectivity index (χ1) is 7.94. The predicted octanol–water partition coefficient (Wildman–Crippen LogP) is 2.52. The molecule has 0 bridgehead atoms. The molecule has 0 radical (unpaired) electrons. The first-order valence-corrected chi connectivity index (χ1v) is 7.45. The molecular weight excluding hydrogens is 234 g/mol. The van der Waals surface area contributed by atoms with Gasteiger partial charge in [0.1, 0.15) is 0 Å². The summed E-state index contributed by atoms with van der Waals surface area (Å²) in [5.41, 5.74) is 1.04. The summed E-state index contributed by atoms with van der Waals surface area (Å²) in [6.07, 6.45) is 0.664. The third-order valence-corrected chi connectivity index (χ3v) is 4.13. The van der Waals surface area contributed by atoms with E-state index >= 15 is 0 Å². The normalized spacial score (nSPS) is 11.4. The average molecular weight is 251 g/mol. The van der Waals surface area contributed by atoms with Crippen LogP contribution in [0.15, 0.2) is 24.3 Å². The average Bonchev–Trinajstić information content (AvgIpc) is 2.27. The van der Waals surface area contributed by atoms with Crippen molar-refractivity contribution in [2.45, 2.75) is 26.0 Å². The Morgan fingerprint density at radius 2 is 1.94 bits per heavy atom. The fraction of sp³-hybridized carbons (Fsp3) is 0.462. The topological polar surface area (TPSA) is 57.9 Å². The lowest BCUT2D eigenvalue weighted by Gasteiger charge is -2.07. The number of nitrogens with zero attached hydrogens (tertiary/aromatic N) is 1. The van der Waals surface area contributed by atoms with Crippen LogP contribution in [0.3, 0.4) is 0 Å². The molecule has 0 unspecified atom stereocenters. The molecule has 0 amide bonds. The first kappa shape index (κ1) is 13.7. The van der Waals surface area contributed by atoms with Gasteiger partial charge in [0.2, 0.25) is 0 Å². The van der Waals surface area contributed by atoms with Gasteiger partial charge in [-0.2, -0.15) is 5.26 Å². The zero-order chi connectivity index (χ0) is 12.9. The van der Waals surface area contributed by atoms with Crippen LogP contribution in [0.1, 0.15) is 31.4 Å². The molecule has 0 aliphatic heterocycles. The highest BCUT2D eigenvalue weighted by Crippen LogP contribution is 2.14. The van der Waals surface area contributed by atoms with Crippen LogP contribution >= 0.6 is 0 Å². The van der Waals surface area contributed by atoms with Gasteiger partial charge in [0.05, 0.1) is 23.1 Å². The molecule has 1 aromatic rings. The second-order valence-corrected chi connectivity index (χ2v) is 6.73. The van der Waals surface area contributed by atoms with Crippen molar-refractivity contribution in [3.63, 3.8) is 0 Å². The van der Waals surface area contributed by atoms with E-state index in [1.807, 2.05) is 19.9 Å². The Kier molecular flexibility index (Phi) is 4.71. The predicted molar refractivity (Wildman–Crippen MR) is 68.1 cm³/mol. The van der Waals surface area contributed by atoms with Crippen molar-refractivity contribution in [1.82, 2.24) is 0 Å². The quantitative estimate of drug-likeness (QED) is 0.808. The zero-order valence-electron chi connectivity index (χ0n) is 10.2. The summed E-state index contributed by atoms with van der Waals surface area (Å²) in [5, 5.41) is 8.89. The van der Waals surface area contributed by atoms with E-state index in [4.69, 9.17) is 5.26 Å². The Morgan fingerprint density at radius 1 is 1.29 bits per heavy atom. The molecule has 4 heteroatoms. The molecule has 0 fully saturated rings. The van der Waals surface area contributed by atoms with E-state index in [9.17, 15) is 8.42 Å². The summed E-state index contributed by atoms with van der Waals surface area (Å²) in [6.45, 7) is 4.00. The number of rotatable bonds is 5. The van der Waals surface area contributed by atoms with E-state index in [0.29, 0.717) is 23.5 Å². The third-order valence-electron chi connectivity index (χ3n) is 2.52. The van der Waals surface area contributed by atoms with Crippen LogP contribution in [0.4, 0.5) is 0 Å². The lowest BCUT2D eigenvalue weighted by molar-refractivity contribution is 0.573. The Hall–Kier alpha value is -1.34. The molecule has 92 valence electrons. The van der Waals surface area contributed by atoms with Gasteiger partial charge in [-0.15, -0.1) is 0 Å². The number of hydrogen-bond donors (Lipinski definition) is 0. The number of hydrogen-bond acceptors (Lipinski definition) is 3. The molecule has 0 saturated carbocycles. The maximum atomic E-state index is 11.9. The van der Waals surface area contributed by atoms with Gasteiger partial charge in [-0.3, -0.25) is 0 Å². The summed E-state index contributed by atoms with van der Waals surface area (Å²) in [4.78, 5) is 0. The second kappa shape index (κ2) is 5.83. The summed E-state index contributed by atoms with van der Waals surface area (Å²) >= 11 is 0. The van der Waals surface area contributed by atoms with E-state index < -0.39 is 9.84 Å². The lowest BCUT2D eigenvalue weighted by atomic mass is 10.1. The largest absolute Gasteiger partial charge is 0.228 e.